The van der Waals surface area contributed by atoms with Crippen LogP contribution in [0.3, 0.4) is 0 Å². The summed E-state index contributed by atoms with van der Waals surface area (Å²) in [6.07, 6.45) is 0. The fourth-order valence-electron chi connectivity index (χ4n) is 7.42. The number of anilines is 2. The molecule has 0 fully saturated rings. The summed E-state index contributed by atoms with van der Waals surface area (Å²) in [5, 5.41) is 2.30. The van der Waals surface area contributed by atoms with Crippen molar-refractivity contribution in [1.29, 1.82) is 0 Å². The molecule has 4 aromatic carbocycles. The quantitative estimate of drug-likeness (QED) is 0.169. The Morgan fingerprint density at radius 3 is 2.02 bits per heavy atom. The van der Waals surface area contributed by atoms with Crippen LogP contribution < -0.4 is 9.80 Å². The molecule has 3 aliphatic rings. The molecule has 0 spiro atoms. The summed E-state index contributed by atoms with van der Waals surface area (Å²) in [5.74, 6) is 0. The summed E-state index contributed by atoms with van der Waals surface area (Å²) in [6.45, 7) is 15.0. The van der Waals surface area contributed by atoms with Gasteiger partial charge in [0, 0.05) is 46.8 Å². The molecular formula is C42H43N5Pt. The zero-order chi connectivity index (χ0) is 38.2. The van der Waals surface area contributed by atoms with E-state index in [4.69, 9.17) is 8.22 Å². The predicted molar refractivity (Wildman–Crippen MR) is 195 cm³/mol. The van der Waals surface area contributed by atoms with Crippen LogP contribution in [0.5, 0.6) is 0 Å². The Labute approximate surface area is 308 Å². The third-order valence-electron chi connectivity index (χ3n) is 10.6. The molecule has 246 valence electrons. The number of rotatable bonds is 3. The van der Waals surface area contributed by atoms with E-state index in [-0.39, 0.29) is 26.5 Å². The molecule has 5 nitrogen and oxygen atoms in total. The van der Waals surface area contributed by atoms with Gasteiger partial charge in [-0.1, -0.05) is 69.8 Å². The Morgan fingerprint density at radius 1 is 0.729 bits per heavy atom. The second-order valence-corrected chi connectivity index (χ2v) is 14.3. The van der Waals surface area contributed by atoms with Crippen LogP contribution in [0, 0.1) is 25.5 Å². The van der Waals surface area contributed by atoms with Gasteiger partial charge >= 0.3 is 21.1 Å². The topological polar surface area (TPSA) is 17.9 Å². The second-order valence-electron chi connectivity index (χ2n) is 14.3. The van der Waals surface area contributed by atoms with Crippen molar-refractivity contribution in [2.45, 2.75) is 66.2 Å². The monoisotopic (exact) mass is 818 g/mol. The molecule has 1 unspecified atom stereocenters. The fraction of sp³-hybridized carbons (Fsp3) is 0.286. The van der Waals surface area contributed by atoms with Gasteiger partial charge in [0.15, 0.2) is 0 Å². The first-order valence-electron chi connectivity index (χ1n) is 19.1. The molecular weight excluding hydrogens is 770 g/mol. The van der Waals surface area contributed by atoms with Crippen LogP contribution in [0.4, 0.5) is 11.4 Å². The number of hydrogen-bond donors (Lipinski definition) is 0. The van der Waals surface area contributed by atoms with Gasteiger partial charge in [-0.2, -0.15) is 37.1 Å². The summed E-state index contributed by atoms with van der Waals surface area (Å²) in [5.41, 5.74) is 10.6. The van der Waals surface area contributed by atoms with E-state index >= 15 is 0 Å². The van der Waals surface area contributed by atoms with Crippen molar-refractivity contribution in [2.75, 3.05) is 23.8 Å². The summed E-state index contributed by atoms with van der Waals surface area (Å²) < 4.78 is 51.5. The standard InChI is InChI=1S/C42H43N5.Pt/c1-26-28(3)45(24-43(26)9)32-18-19-39-37(23-32)42(8,36-16-13-15-35-34-14-11-12-17-38(34)47(39)40(35)36)31-20-30(41(5,6)7)21-33(22-31)46-25-44(10)27(2)29(46)4;/h11-21,24-25H,1-10H3;/q-4;+4/i9D3,10D3;. The molecule has 6 heteroatoms. The minimum absolute atomic E-state index is 0. The molecule has 48 heavy (non-hydrogen) atoms. The average Bonchev–Trinajstić information content (AvgIpc) is 3.71. The van der Waals surface area contributed by atoms with Crippen molar-refractivity contribution in [3.8, 4) is 5.69 Å². The van der Waals surface area contributed by atoms with Crippen molar-refractivity contribution in [3.63, 3.8) is 0 Å². The maximum Gasteiger partial charge on any atom is 4.00 e. The maximum atomic E-state index is 8.21. The second kappa shape index (κ2) is 11.0. The third-order valence-corrected chi connectivity index (χ3v) is 10.6. The summed E-state index contributed by atoms with van der Waals surface area (Å²) in [4.78, 5) is 6.54. The Balaban J connectivity index is 0.00000450. The Bertz CT molecular complexity index is 2420. The SMILES string of the molecule is [2H]C([2H])([2H])N1[CH-]N(c2[c-]c3c(cc2)-n2c4ccccc4c4cccc(c42)C3(C)c2[c-]c(N3[CH-]N(C([2H])([2H])[2H])C(C)=C3C)cc(C(C)(C)C)c2)C(C)=C1C.[Pt+4]. The number of hydrogen-bond acceptors (Lipinski definition) is 4. The molecule has 0 N–H and O–H groups in total. The van der Waals surface area contributed by atoms with Gasteiger partial charge in [-0.15, -0.1) is 40.7 Å². The molecule has 1 aromatic heterocycles. The molecule has 0 saturated heterocycles. The zero-order valence-corrected chi connectivity index (χ0v) is 30.8. The van der Waals surface area contributed by atoms with E-state index < -0.39 is 19.4 Å². The van der Waals surface area contributed by atoms with Gasteiger partial charge in [-0.25, -0.2) is 0 Å². The van der Waals surface area contributed by atoms with E-state index in [1.165, 1.54) is 9.80 Å². The van der Waals surface area contributed by atoms with E-state index in [2.05, 4.69) is 105 Å². The van der Waals surface area contributed by atoms with Crippen LogP contribution in [0.25, 0.3) is 27.5 Å². The Kier molecular flexibility index (Phi) is 5.97. The summed E-state index contributed by atoms with van der Waals surface area (Å²) in [6, 6.07) is 31.1. The smallest absolute Gasteiger partial charge is 0.508 e. The minimum Gasteiger partial charge on any atom is -0.508 e. The molecule has 0 bridgehead atoms. The van der Waals surface area contributed by atoms with Gasteiger partial charge in [-0.3, -0.25) is 0 Å². The van der Waals surface area contributed by atoms with Gasteiger partial charge in [0.25, 0.3) is 0 Å². The van der Waals surface area contributed by atoms with Gasteiger partial charge in [0.2, 0.25) is 0 Å². The number of aromatic nitrogens is 1. The summed E-state index contributed by atoms with van der Waals surface area (Å²) in [7, 11) is 0. The molecule has 3 aliphatic heterocycles. The van der Waals surface area contributed by atoms with Crippen molar-refractivity contribution >= 4 is 33.2 Å². The van der Waals surface area contributed by atoms with Crippen LogP contribution in [-0.4, -0.2) is 28.3 Å². The number of fused-ring (bicyclic) bond motifs is 5. The summed E-state index contributed by atoms with van der Waals surface area (Å²) >= 11 is 0. The largest absolute Gasteiger partial charge is 4.00 e. The van der Waals surface area contributed by atoms with E-state index in [0.717, 1.165) is 72.5 Å². The van der Waals surface area contributed by atoms with Crippen LogP contribution in [-0.2, 0) is 31.9 Å². The van der Waals surface area contributed by atoms with Gasteiger partial charge in [0.1, 0.15) is 0 Å². The number of nitrogens with zero attached hydrogens (tertiary/aromatic N) is 5. The van der Waals surface area contributed by atoms with Crippen molar-refractivity contribution in [3.05, 3.63) is 137 Å². The van der Waals surface area contributed by atoms with Crippen LogP contribution in [0.2, 0.25) is 0 Å². The first-order valence-corrected chi connectivity index (χ1v) is 16.1. The fourth-order valence-corrected chi connectivity index (χ4v) is 7.42. The molecule has 4 heterocycles. The molecule has 0 aliphatic carbocycles. The zero-order valence-electron chi connectivity index (χ0n) is 34.6. The van der Waals surface area contributed by atoms with Gasteiger partial charge in [0.05, 0.1) is 0 Å². The number of para-hydroxylation sites is 2. The molecule has 8 rings (SSSR count). The maximum absolute atomic E-state index is 8.21. The van der Waals surface area contributed by atoms with Crippen molar-refractivity contribution < 1.29 is 29.3 Å². The van der Waals surface area contributed by atoms with E-state index in [1.54, 1.807) is 13.3 Å². The number of allylic oxidation sites excluding steroid dienone is 4. The van der Waals surface area contributed by atoms with Crippen LogP contribution >= 0.6 is 0 Å². The molecule has 0 amide bonds. The van der Waals surface area contributed by atoms with Crippen molar-refractivity contribution in [1.82, 2.24) is 14.4 Å². The molecule has 0 radical (unpaired) electrons. The van der Waals surface area contributed by atoms with Crippen molar-refractivity contribution in [2.24, 2.45) is 0 Å². The molecule has 0 saturated carbocycles. The normalized spacial score (nSPS) is 21.7. The predicted octanol–water partition coefficient (Wildman–Crippen LogP) is 9.59. The van der Waals surface area contributed by atoms with Crippen LogP contribution in [0.15, 0.2) is 89.5 Å². The molecule has 1 atom stereocenters. The average molecular weight is 819 g/mol. The first kappa shape index (κ1) is 26.0. The minimum atomic E-state index is -2.33. The number of benzene rings is 4. The first-order chi connectivity index (χ1) is 24.7. The van der Waals surface area contributed by atoms with E-state index in [9.17, 15) is 0 Å². The van der Waals surface area contributed by atoms with E-state index in [0.29, 0.717) is 11.4 Å². The van der Waals surface area contributed by atoms with Gasteiger partial charge in [-0.05, 0) is 70.1 Å². The Morgan fingerprint density at radius 2 is 1.38 bits per heavy atom. The third kappa shape index (κ3) is 4.46. The Hall–Kier alpha value is -3.95. The van der Waals surface area contributed by atoms with Crippen LogP contribution in [0.1, 0.15) is 85.9 Å². The van der Waals surface area contributed by atoms with E-state index in [1.807, 2.05) is 43.6 Å². The molecule has 5 aromatic rings. The van der Waals surface area contributed by atoms with Gasteiger partial charge < -0.3 is 24.2 Å².